The van der Waals surface area contributed by atoms with Gasteiger partial charge in [-0.25, -0.2) is 0 Å². The molecule has 3 nitrogen and oxygen atoms in total. The van der Waals surface area contributed by atoms with Crippen molar-refractivity contribution in [2.75, 3.05) is 0 Å². The van der Waals surface area contributed by atoms with Crippen molar-refractivity contribution in [2.45, 2.75) is 51.7 Å². The van der Waals surface area contributed by atoms with E-state index in [4.69, 9.17) is 4.42 Å². The Bertz CT molecular complexity index is 522. The fraction of sp³-hybridized carbons (Fsp3) is 0.600. The van der Waals surface area contributed by atoms with Gasteiger partial charge in [0.1, 0.15) is 17.5 Å². The van der Waals surface area contributed by atoms with Crippen LogP contribution in [0, 0.1) is 12.8 Å². The van der Waals surface area contributed by atoms with Crippen LogP contribution in [-0.4, -0.2) is 10.2 Å². The van der Waals surface area contributed by atoms with Gasteiger partial charge in [-0.15, -0.1) is 0 Å². The summed E-state index contributed by atoms with van der Waals surface area (Å²) >= 11 is 0. The second-order valence-corrected chi connectivity index (χ2v) is 5.86. The standard InChI is InChI=1S/C15H20O3/c1-8-5-4-6-10-11(8)15(3,17)12-9(2)7-18-14(12)13(10)16/h7-8,13,16-17H,4-6H2,1-3H3. The van der Waals surface area contributed by atoms with Crippen molar-refractivity contribution in [3.63, 3.8) is 0 Å². The molecule has 2 aliphatic rings. The minimum Gasteiger partial charge on any atom is -0.466 e. The van der Waals surface area contributed by atoms with Gasteiger partial charge in [0.25, 0.3) is 0 Å². The molecule has 0 aliphatic heterocycles. The Balaban J connectivity index is 2.26. The number of hydrogen-bond donors (Lipinski definition) is 2. The van der Waals surface area contributed by atoms with E-state index in [9.17, 15) is 10.2 Å². The molecule has 0 spiro atoms. The first kappa shape index (κ1) is 12.0. The van der Waals surface area contributed by atoms with Gasteiger partial charge in [0.15, 0.2) is 0 Å². The molecule has 1 aromatic rings. The highest BCUT2D eigenvalue weighted by Crippen LogP contribution is 2.52. The van der Waals surface area contributed by atoms with Crippen molar-refractivity contribution in [3.8, 4) is 0 Å². The molecule has 3 unspecified atom stereocenters. The Morgan fingerprint density at radius 2 is 2.17 bits per heavy atom. The summed E-state index contributed by atoms with van der Waals surface area (Å²) in [6, 6.07) is 0. The Morgan fingerprint density at radius 1 is 1.44 bits per heavy atom. The summed E-state index contributed by atoms with van der Waals surface area (Å²) in [5.41, 5.74) is 2.67. The van der Waals surface area contributed by atoms with Gasteiger partial charge in [0.2, 0.25) is 0 Å². The predicted molar refractivity (Wildman–Crippen MR) is 68.0 cm³/mol. The highest BCUT2D eigenvalue weighted by Gasteiger charge is 2.46. The fourth-order valence-corrected chi connectivity index (χ4v) is 3.85. The summed E-state index contributed by atoms with van der Waals surface area (Å²) in [4.78, 5) is 0. The van der Waals surface area contributed by atoms with Crippen molar-refractivity contribution < 1.29 is 14.6 Å². The van der Waals surface area contributed by atoms with Crippen molar-refractivity contribution in [1.29, 1.82) is 0 Å². The average molecular weight is 248 g/mol. The number of aryl methyl sites for hydroxylation is 1. The first-order chi connectivity index (χ1) is 8.44. The maximum atomic E-state index is 11.0. The predicted octanol–water partition coefficient (Wildman–Crippen LogP) is 2.96. The minimum atomic E-state index is -0.999. The van der Waals surface area contributed by atoms with Gasteiger partial charge in [0, 0.05) is 5.56 Å². The van der Waals surface area contributed by atoms with Gasteiger partial charge in [-0.05, 0) is 55.7 Å². The van der Waals surface area contributed by atoms with E-state index in [1.807, 2.05) is 13.8 Å². The Hall–Kier alpha value is -1.06. The normalized spacial score (nSPS) is 35.4. The molecule has 0 saturated heterocycles. The first-order valence-electron chi connectivity index (χ1n) is 6.67. The summed E-state index contributed by atoms with van der Waals surface area (Å²) in [6.45, 7) is 5.88. The third-order valence-electron chi connectivity index (χ3n) is 4.52. The zero-order valence-corrected chi connectivity index (χ0v) is 11.2. The first-order valence-corrected chi connectivity index (χ1v) is 6.67. The molecule has 0 aromatic carbocycles. The second kappa shape index (κ2) is 3.72. The van der Waals surface area contributed by atoms with Gasteiger partial charge in [-0.3, -0.25) is 0 Å². The van der Waals surface area contributed by atoms with Crippen LogP contribution in [0.4, 0.5) is 0 Å². The van der Waals surface area contributed by atoms with Crippen molar-refractivity contribution in [3.05, 3.63) is 34.3 Å². The van der Waals surface area contributed by atoms with Crippen LogP contribution in [0.15, 0.2) is 21.8 Å². The Labute approximate surface area is 107 Å². The molecule has 0 saturated carbocycles. The van der Waals surface area contributed by atoms with Crippen molar-refractivity contribution in [2.24, 2.45) is 5.92 Å². The van der Waals surface area contributed by atoms with Crippen LogP contribution in [0.25, 0.3) is 0 Å². The zero-order chi connectivity index (χ0) is 13.1. The van der Waals surface area contributed by atoms with E-state index >= 15 is 0 Å². The molecule has 0 amide bonds. The quantitative estimate of drug-likeness (QED) is 0.694. The third kappa shape index (κ3) is 1.38. The number of furan rings is 1. The molecule has 2 aliphatic carbocycles. The lowest BCUT2D eigenvalue weighted by Crippen LogP contribution is -2.37. The number of aliphatic hydroxyl groups is 2. The molecule has 2 N–H and O–H groups in total. The smallest absolute Gasteiger partial charge is 0.143 e. The van der Waals surface area contributed by atoms with E-state index in [0.29, 0.717) is 11.7 Å². The summed E-state index contributed by atoms with van der Waals surface area (Å²) < 4.78 is 5.47. The number of fused-ring (bicyclic) bond motifs is 1. The zero-order valence-electron chi connectivity index (χ0n) is 11.2. The lowest BCUT2D eigenvalue weighted by molar-refractivity contribution is 0.0562. The van der Waals surface area contributed by atoms with Crippen LogP contribution in [0.5, 0.6) is 0 Å². The highest BCUT2D eigenvalue weighted by atomic mass is 16.4. The molecule has 1 aromatic heterocycles. The van der Waals surface area contributed by atoms with Gasteiger partial charge in [0.05, 0.1) is 6.26 Å². The monoisotopic (exact) mass is 248 g/mol. The number of hydrogen-bond acceptors (Lipinski definition) is 3. The largest absolute Gasteiger partial charge is 0.466 e. The van der Waals surface area contributed by atoms with Crippen LogP contribution in [-0.2, 0) is 5.60 Å². The van der Waals surface area contributed by atoms with E-state index < -0.39 is 11.7 Å². The fourth-order valence-electron chi connectivity index (χ4n) is 3.85. The molecule has 3 rings (SSSR count). The van der Waals surface area contributed by atoms with E-state index in [2.05, 4.69) is 6.92 Å². The van der Waals surface area contributed by atoms with Gasteiger partial charge in [-0.1, -0.05) is 6.92 Å². The second-order valence-electron chi connectivity index (χ2n) is 5.86. The molecule has 3 atom stereocenters. The van der Waals surface area contributed by atoms with E-state index in [1.165, 1.54) is 0 Å². The van der Waals surface area contributed by atoms with E-state index in [1.54, 1.807) is 6.26 Å². The molecule has 18 heavy (non-hydrogen) atoms. The molecular formula is C15H20O3. The molecule has 3 heteroatoms. The number of rotatable bonds is 0. The van der Waals surface area contributed by atoms with Gasteiger partial charge >= 0.3 is 0 Å². The molecular weight excluding hydrogens is 228 g/mol. The molecule has 0 fully saturated rings. The van der Waals surface area contributed by atoms with Gasteiger partial charge < -0.3 is 14.6 Å². The lowest BCUT2D eigenvalue weighted by Gasteiger charge is -2.41. The molecule has 0 radical (unpaired) electrons. The maximum absolute atomic E-state index is 11.0. The Morgan fingerprint density at radius 3 is 2.89 bits per heavy atom. The molecule has 1 heterocycles. The lowest BCUT2D eigenvalue weighted by atomic mass is 9.67. The molecule has 98 valence electrons. The van der Waals surface area contributed by atoms with Crippen molar-refractivity contribution >= 4 is 0 Å². The maximum Gasteiger partial charge on any atom is 0.143 e. The third-order valence-corrected chi connectivity index (χ3v) is 4.52. The average Bonchev–Trinajstić information content (AvgIpc) is 2.69. The van der Waals surface area contributed by atoms with E-state index in [-0.39, 0.29) is 0 Å². The van der Waals surface area contributed by atoms with Crippen LogP contribution in [0.2, 0.25) is 0 Å². The molecule has 0 bridgehead atoms. The Kier molecular flexibility index (Phi) is 2.48. The summed E-state index contributed by atoms with van der Waals surface area (Å²) in [5, 5.41) is 21.4. The summed E-state index contributed by atoms with van der Waals surface area (Å²) in [6.07, 6.45) is 3.96. The van der Waals surface area contributed by atoms with E-state index in [0.717, 1.165) is 41.5 Å². The van der Waals surface area contributed by atoms with Crippen LogP contribution in [0.3, 0.4) is 0 Å². The number of aliphatic hydroxyl groups excluding tert-OH is 1. The van der Waals surface area contributed by atoms with Crippen molar-refractivity contribution in [1.82, 2.24) is 0 Å². The van der Waals surface area contributed by atoms with Crippen LogP contribution in [0.1, 0.15) is 56.1 Å². The van der Waals surface area contributed by atoms with Crippen LogP contribution >= 0.6 is 0 Å². The minimum absolute atomic E-state index is 0.320. The topological polar surface area (TPSA) is 53.6 Å². The summed E-state index contributed by atoms with van der Waals surface area (Å²) in [7, 11) is 0. The highest BCUT2D eigenvalue weighted by molar-refractivity contribution is 5.50. The van der Waals surface area contributed by atoms with Gasteiger partial charge in [-0.2, -0.15) is 0 Å². The summed E-state index contributed by atoms with van der Waals surface area (Å²) in [5.74, 6) is 0.853. The SMILES string of the molecule is Cc1coc2c1C(C)(O)C1=C(CCCC1C)C2O. The van der Waals surface area contributed by atoms with Crippen LogP contribution < -0.4 is 0 Å².